The number of hydrogen-bond acceptors (Lipinski definition) is 4. The van der Waals surface area contributed by atoms with E-state index in [0.29, 0.717) is 18.7 Å². The second-order valence-corrected chi connectivity index (χ2v) is 7.92. The summed E-state index contributed by atoms with van der Waals surface area (Å²) in [4.78, 5) is 27.3. The van der Waals surface area contributed by atoms with Gasteiger partial charge in [0.25, 0.3) is 11.7 Å². The number of amides is 1. The Labute approximate surface area is 171 Å². The van der Waals surface area contributed by atoms with Crippen molar-refractivity contribution in [1.82, 2.24) is 4.90 Å². The number of Topliss-reactive ketones (excluding diaryl/α,β-unsaturated/α-hetero) is 1. The molecule has 6 heteroatoms. The van der Waals surface area contributed by atoms with Crippen molar-refractivity contribution in [1.29, 1.82) is 0 Å². The Morgan fingerprint density at radius 3 is 2.46 bits per heavy atom. The van der Waals surface area contributed by atoms with E-state index in [1.807, 2.05) is 30.3 Å². The Morgan fingerprint density at radius 2 is 1.82 bits per heavy atom. The summed E-state index contributed by atoms with van der Waals surface area (Å²) in [5, 5.41) is 10.9. The van der Waals surface area contributed by atoms with Gasteiger partial charge in [-0.15, -0.1) is 0 Å². The van der Waals surface area contributed by atoms with Gasteiger partial charge < -0.3 is 14.7 Å². The molecule has 0 radical (unpaired) electrons. The fraction of sp³-hybridized carbons (Fsp3) is 0.273. The van der Waals surface area contributed by atoms with Crippen LogP contribution in [0.2, 0.25) is 0 Å². The van der Waals surface area contributed by atoms with Crippen LogP contribution in [-0.4, -0.2) is 41.0 Å². The number of ketones is 1. The van der Waals surface area contributed by atoms with Crippen LogP contribution in [0.4, 0.5) is 0 Å². The first kappa shape index (κ1) is 18.9. The molecule has 0 saturated carbocycles. The van der Waals surface area contributed by atoms with E-state index in [2.05, 4.69) is 15.9 Å². The minimum atomic E-state index is -0.660. The van der Waals surface area contributed by atoms with E-state index in [1.165, 1.54) is 4.90 Å². The lowest BCUT2D eigenvalue weighted by Crippen LogP contribution is -2.36. The van der Waals surface area contributed by atoms with Gasteiger partial charge in [0, 0.05) is 23.2 Å². The molecule has 2 aliphatic heterocycles. The van der Waals surface area contributed by atoms with Crippen molar-refractivity contribution in [3.05, 3.63) is 75.8 Å². The van der Waals surface area contributed by atoms with Gasteiger partial charge in [-0.2, -0.15) is 0 Å². The first-order valence-electron chi connectivity index (χ1n) is 9.27. The molecule has 0 spiro atoms. The number of likely N-dealkylation sites (tertiary alicyclic amines) is 1. The van der Waals surface area contributed by atoms with E-state index in [0.717, 1.165) is 22.9 Å². The topological polar surface area (TPSA) is 66.8 Å². The molecular weight excluding hydrogens is 422 g/mol. The molecule has 2 fully saturated rings. The number of halogens is 1. The van der Waals surface area contributed by atoms with Crippen molar-refractivity contribution in [2.75, 3.05) is 13.2 Å². The summed E-state index contributed by atoms with van der Waals surface area (Å²) in [6.07, 6.45) is 1.71. The van der Waals surface area contributed by atoms with E-state index < -0.39 is 17.7 Å². The molecule has 0 aliphatic carbocycles. The number of aliphatic hydroxyl groups excluding tert-OH is 1. The second-order valence-electron chi connectivity index (χ2n) is 7.00. The number of nitrogens with zero attached hydrogens (tertiary/aromatic N) is 1. The van der Waals surface area contributed by atoms with Crippen molar-refractivity contribution in [2.45, 2.75) is 25.0 Å². The van der Waals surface area contributed by atoms with Crippen molar-refractivity contribution in [3.63, 3.8) is 0 Å². The van der Waals surface area contributed by atoms with Crippen LogP contribution < -0.4 is 0 Å². The molecule has 144 valence electrons. The highest BCUT2D eigenvalue weighted by molar-refractivity contribution is 9.10. The fourth-order valence-corrected chi connectivity index (χ4v) is 4.08. The summed E-state index contributed by atoms with van der Waals surface area (Å²) in [6.45, 7) is 0.998. The van der Waals surface area contributed by atoms with Gasteiger partial charge in [-0.3, -0.25) is 9.59 Å². The van der Waals surface area contributed by atoms with Crippen LogP contribution in [0.3, 0.4) is 0 Å². The van der Waals surface area contributed by atoms with Gasteiger partial charge in [0.15, 0.2) is 0 Å². The molecule has 2 saturated heterocycles. The molecule has 0 unspecified atom stereocenters. The monoisotopic (exact) mass is 441 g/mol. The van der Waals surface area contributed by atoms with Crippen molar-refractivity contribution < 1.29 is 19.4 Å². The number of rotatable bonds is 4. The highest BCUT2D eigenvalue weighted by Crippen LogP contribution is 2.40. The van der Waals surface area contributed by atoms with Gasteiger partial charge in [-0.05, 0) is 30.5 Å². The summed E-state index contributed by atoms with van der Waals surface area (Å²) in [5.41, 5.74) is 1.41. The third kappa shape index (κ3) is 3.50. The molecule has 2 heterocycles. The molecule has 28 heavy (non-hydrogen) atoms. The standard InChI is InChI=1S/C22H20BrNO4/c23-16-10-8-14(9-11-16)19-18(20(25)15-5-2-1-3-6-15)21(26)22(27)24(19)13-17-7-4-12-28-17/h1-3,5-6,8-11,17,19,25H,4,7,12-13H2/b20-18+/t17-,19-/m0/s1. The molecule has 2 aromatic rings. The van der Waals surface area contributed by atoms with Crippen molar-refractivity contribution >= 4 is 33.4 Å². The maximum atomic E-state index is 12.9. The van der Waals surface area contributed by atoms with Gasteiger partial charge >= 0.3 is 0 Å². The SMILES string of the molecule is O=C1C(=O)N(C[C@@H]2CCCO2)[C@@H](c2ccc(Br)cc2)/C1=C(\O)c1ccccc1. The quantitative estimate of drug-likeness (QED) is 0.441. The van der Waals surface area contributed by atoms with Crippen LogP contribution in [0.15, 0.2) is 64.6 Å². The third-order valence-electron chi connectivity index (χ3n) is 5.20. The predicted molar refractivity (Wildman–Crippen MR) is 109 cm³/mol. The van der Waals surface area contributed by atoms with Crippen LogP contribution in [0, 0.1) is 0 Å². The lowest BCUT2D eigenvalue weighted by atomic mass is 9.95. The number of carbonyl (C=O) groups excluding carboxylic acids is 2. The van der Waals surface area contributed by atoms with Gasteiger partial charge in [0.05, 0.1) is 17.7 Å². The maximum Gasteiger partial charge on any atom is 0.295 e. The number of aliphatic hydroxyl groups is 1. The van der Waals surface area contributed by atoms with E-state index >= 15 is 0 Å². The van der Waals surface area contributed by atoms with Crippen LogP contribution in [0.5, 0.6) is 0 Å². The number of benzene rings is 2. The third-order valence-corrected chi connectivity index (χ3v) is 5.73. The summed E-state index contributed by atoms with van der Waals surface area (Å²) < 4.78 is 6.59. The summed E-state index contributed by atoms with van der Waals surface area (Å²) in [5.74, 6) is -1.41. The van der Waals surface area contributed by atoms with E-state index in [-0.39, 0.29) is 17.4 Å². The first-order valence-corrected chi connectivity index (χ1v) is 10.1. The predicted octanol–water partition coefficient (Wildman–Crippen LogP) is 4.05. The van der Waals surface area contributed by atoms with Crippen molar-refractivity contribution in [3.8, 4) is 0 Å². The summed E-state index contributed by atoms with van der Waals surface area (Å²) in [7, 11) is 0. The summed E-state index contributed by atoms with van der Waals surface area (Å²) in [6, 6.07) is 15.7. The molecule has 0 aromatic heterocycles. The maximum absolute atomic E-state index is 12.9. The second kappa shape index (κ2) is 7.89. The van der Waals surface area contributed by atoms with Gasteiger partial charge in [-0.1, -0.05) is 58.4 Å². The molecule has 4 rings (SSSR count). The Morgan fingerprint density at radius 1 is 1.11 bits per heavy atom. The van der Waals surface area contributed by atoms with E-state index in [9.17, 15) is 14.7 Å². The fourth-order valence-electron chi connectivity index (χ4n) is 3.82. The zero-order valence-electron chi connectivity index (χ0n) is 15.2. The Hall–Kier alpha value is -2.44. The average Bonchev–Trinajstić information content (AvgIpc) is 3.31. The van der Waals surface area contributed by atoms with Gasteiger partial charge in [0.1, 0.15) is 5.76 Å². The van der Waals surface area contributed by atoms with E-state index in [1.54, 1.807) is 24.3 Å². The van der Waals surface area contributed by atoms with Crippen molar-refractivity contribution in [2.24, 2.45) is 0 Å². The molecule has 1 N–H and O–H groups in total. The van der Waals surface area contributed by atoms with Gasteiger partial charge in [0.2, 0.25) is 0 Å². The average molecular weight is 442 g/mol. The Kier molecular flexibility index (Phi) is 5.33. The van der Waals surface area contributed by atoms with E-state index in [4.69, 9.17) is 4.74 Å². The van der Waals surface area contributed by atoms with Crippen LogP contribution in [-0.2, 0) is 14.3 Å². The Bertz CT molecular complexity index is 917. The molecule has 2 aromatic carbocycles. The minimum absolute atomic E-state index is 0.0899. The zero-order valence-corrected chi connectivity index (χ0v) is 16.8. The highest BCUT2D eigenvalue weighted by atomic mass is 79.9. The number of carbonyl (C=O) groups is 2. The van der Waals surface area contributed by atoms with Crippen LogP contribution in [0.1, 0.15) is 30.0 Å². The molecule has 0 bridgehead atoms. The number of ether oxygens (including phenoxy) is 1. The Balaban J connectivity index is 1.81. The highest BCUT2D eigenvalue weighted by Gasteiger charge is 2.46. The smallest absolute Gasteiger partial charge is 0.295 e. The largest absolute Gasteiger partial charge is 0.507 e. The molecule has 2 aliphatic rings. The van der Waals surface area contributed by atoms with Gasteiger partial charge in [-0.25, -0.2) is 0 Å². The molecular formula is C22H20BrNO4. The lowest BCUT2D eigenvalue weighted by molar-refractivity contribution is -0.140. The lowest BCUT2D eigenvalue weighted by Gasteiger charge is -2.27. The normalized spacial score (nSPS) is 24.1. The number of hydrogen-bond donors (Lipinski definition) is 1. The molecule has 5 nitrogen and oxygen atoms in total. The molecule has 1 amide bonds. The minimum Gasteiger partial charge on any atom is -0.507 e. The van der Waals surface area contributed by atoms with Crippen LogP contribution >= 0.6 is 15.9 Å². The summed E-state index contributed by atoms with van der Waals surface area (Å²) >= 11 is 3.42. The van der Waals surface area contributed by atoms with Crippen LogP contribution in [0.25, 0.3) is 5.76 Å². The first-order chi connectivity index (χ1) is 13.6. The molecule has 2 atom stereocenters. The zero-order chi connectivity index (χ0) is 19.7.